The van der Waals surface area contributed by atoms with Crippen molar-refractivity contribution in [1.82, 2.24) is 0 Å². The number of ketones is 1. The molecule has 0 heterocycles. The number of Topliss-reactive ketones (excluding diaryl/α,β-unsaturated/α-hetero) is 1. The fraction of sp³-hybridized carbons (Fsp3) is 0.417. The summed E-state index contributed by atoms with van der Waals surface area (Å²) in [5, 5.41) is 0. The van der Waals surface area contributed by atoms with Crippen molar-refractivity contribution >= 4 is 27.4 Å². The van der Waals surface area contributed by atoms with Gasteiger partial charge in [-0.05, 0) is 47.0 Å². The van der Waals surface area contributed by atoms with E-state index in [1.807, 2.05) is 13.8 Å². The number of halogens is 1. The van der Waals surface area contributed by atoms with E-state index in [0.29, 0.717) is 5.69 Å². The van der Waals surface area contributed by atoms with Gasteiger partial charge in [-0.1, -0.05) is 13.8 Å². The molecule has 0 saturated heterocycles. The molecule has 0 atom stereocenters. The second-order valence-electron chi connectivity index (χ2n) is 3.61. The topological polar surface area (TPSA) is 43.1 Å². The monoisotopic (exact) mass is 269 g/mol. The highest BCUT2D eigenvalue weighted by Crippen LogP contribution is 2.23. The molecular weight excluding hydrogens is 254 g/mol. The van der Waals surface area contributed by atoms with Crippen LogP contribution in [0, 0.1) is 5.92 Å². The van der Waals surface area contributed by atoms with Gasteiger partial charge in [0.25, 0.3) is 0 Å². The smallest absolute Gasteiger partial charge is 0.165 e. The summed E-state index contributed by atoms with van der Waals surface area (Å²) in [4.78, 5) is 12.0. The number of anilines is 1. The van der Waals surface area contributed by atoms with Crippen molar-refractivity contribution in [1.29, 1.82) is 0 Å². The molecule has 0 aromatic heterocycles. The summed E-state index contributed by atoms with van der Waals surface area (Å²) >= 11 is 3.33. The summed E-state index contributed by atoms with van der Waals surface area (Å²) < 4.78 is 0.791. The minimum absolute atomic E-state index is 0.125. The highest BCUT2D eigenvalue weighted by Gasteiger charge is 2.16. The SMILES string of the molecule is CCC(CC)C(=O)c1ccc(N)c(Br)c1. The molecular formula is C12H16BrNO. The molecule has 1 rings (SSSR count). The molecule has 82 valence electrons. The molecule has 0 bridgehead atoms. The van der Waals surface area contributed by atoms with Gasteiger partial charge < -0.3 is 5.73 Å². The molecule has 2 nitrogen and oxygen atoms in total. The zero-order chi connectivity index (χ0) is 11.4. The molecule has 0 aliphatic carbocycles. The van der Waals surface area contributed by atoms with Gasteiger partial charge in [-0.3, -0.25) is 4.79 Å². The molecule has 0 fully saturated rings. The molecule has 1 aromatic carbocycles. The molecule has 0 amide bonds. The van der Waals surface area contributed by atoms with E-state index in [1.165, 1.54) is 0 Å². The third-order valence-corrected chi connectivity index (χ3v) is 3.33. The van der Waals surface area contributed by atoms with E-state index in [2.05, 4.69) is 15.9 Å². The Labute approximate surface area is 99.0 Å². The van der Waals surface area contributed by atoms with Crippen LogP contribution in [0.5, 0.6) is 0 Å². The first-order chi connectivity index (χ1) is 7.10. The average Bonchev–Trinajstić information content (AvgIpc) is 2.23. The molecule has 15 heavy (non-hydrogen) atoms. The average molecular weight is 270 g/mol. The molecule has 0 unspecified atom stereocenters. The lowest BCUT2D eigenvalue weighted by atomic mass is 9.93. The normalized spacial score (nSPS) is 10.7. The number of benzene rings is 1. The van der Waals surface area contributed by atoms with Crippen molar-refractivity contribution in [3.05, 3.63) is 28.2 Å². The Balaban J connectivity index is 2.96. The molecule has 0 aliphatic rings. The number of rotatable bonds is 4. The molecule has 3 heteroatoms. The van der Waals surface area contributed by atoms with E-state index in [1.54, 1.807) is 18.2 Å². The predicted octanol–water partition coefficient (Wildman–Crippen LogP) is 3.65. The Hall–Kier alpha value is -0.830. The van der Waals surface area contributed by atoms with E-state index >= 15 is 0 Å². The molecule has 0 aliphatic heterocycles. The quantitative estimate of drug-likeness (QED) is 0.670. The van der Waals surface area contributed by atoms with Crippen molar-refractivity contribution in [2.75, 3.05) is 5.73 Å². The summed E-state index contributed by atoms with van der Waals surface area (Å²) in [6.45, 7) is 4.08. The lowest BCUT2D eigenvalue weighted by Crippen LogP contribution is -2.13. The Morgan fingerprint density at radius 3 is 2.47 bits per heavy atom. The maximum Gasteiger partial charge on any atom is 0.165 e. The van der Waals surface area contributed by atoms with Crippen LogP contribution in [-0.4, -0.2) is 5.78 Å². The number of nitrogen functional groups attached to an aromatic ring is 1. The molecule has 2 N–H and O–H groups in total. The highest BCUT2D eigenvalue weighted by atomic mass is 79.9. The third kappa shape index (κ3) is 2.81. The van der Waals surface area contributed by atoms with E-state index in [4.69, 9.17) is 5.73 Å². The Morgan fingerprint density at radius 1 is 1.40 bits per heavy atom. The second kappa shape index (κ2) is 5.31. The van der Waals surface area contributed by atoms with E-state index in [9.17, 15) is 4.79 Å². The summed E-state index contributed by atoms with van der Waals surface area (Å²) in [5.41, 5.74) is 7.08. The lowest BCUT2D eigenvalue weighted by Gasteiger charge is -2.11. The number of carbonyl (C=O) groups excluding carboxylic acids is 1. The van der Waals surface area contributed by atoms with Gasteiger partial charge >= 0.3 is 0 Å². The minimum Gasteiger partial charge on any atom is -0.398 e. The van der Waals surface area contributed by atoms with Gasteiger partial charge in [-0.2, -0.15) is 0 Å². The molecule has 0 radical (unpaired) electrons. The van der Waals surface area contributed by atoms with Crippen LogP contribution in [0.15, 0.2) is 22.7 Å². The Kier molecular flexibility index (Phi) is 4.33. The first-order valence-electron chi connectivity index (χ1n) is 5.19. The van der Waals surface area contributed by atoms with Crippen LogP contribution in [0.2, 0.25) is 0 Å². The number of carbonyl (C=O) groups is 1. The zero-order valence-electron chi connectivity index (χ0n) is 9.09. The van der Waals surface area contributed by atoms with Gasteiger partial charge in [0.15, 0.2) is 5.78 Å². The second-order valence-corrected chi connectivity index (χ2v) is 4.47. The van der Waals surface area contributed by atoms with E-state index < -0.39 is 0 Å². The lowest BCUT2D eigenvalue weighted by molar-refractivity contribution is 0.0913. The zero-order valence-corrected chi connectivity index (χ0v) is 10.7. The highest BCUT2D eigenvalue weighted by molar-refractivity contribution is 9.10. The van der Waals surface area contributed by atoms with Gasteiger partial charge in [-0.15, -0.1) is 0 Å². The van der Waals surface area contributed by atoms with Crippen molar-refractivity contribution < 1.29 is 4.79 Å². The largest absolute Gasteiger partial charge is 0.398 e. The van der Waals surface area contributed by atoms with E-state index in [0.717, 1.165) is 22.9 Å². The van der Waals surface area contributed by atoms with Crippen LogP contribution in [0.3, 0.4) is 0 Å². The number of nitrogens with two attached hydrogens (primary N) is 1. The summed E-state index contributed by atoms with van der Waals surface area (Å²) in [5.74, 6) is 0.334. The first-order valence-corrected chi connectivity index (χ1v) is 5.98. The standard InChI is InChI=1S/C12H16BrNO/c1-3-8(4-2)12(15)9-5-6-11(14)10(13)7-9/h5-8H,3-4,14H2,1-2H3. The fourth-order valence-corrected chi connectivity index (χ4v) is 1.95. The molecule has 0 saturated carbocycles. The predicted molar refractivity (Wildman–Crippen MR) is 67.0 cm³/mol. The van der Waals surface area contributed by atoms with Gasteiger partial charge in [-0.25, -0.2) is 0 Å². The van der Waals surface area contributed by atoms with Crippen LogP contribution in [0.25, 0.3) is 0 Å². The summed E-state index contributed by atoms with van der Waals surface area (Å²) in [6, 6.07) is 5.36. The first kappa shape index (κ1) is 12.2. The van der Waals surface area contributed by atoms with Crippen LogP contribution in [0.1, 0.15) is 37.0 Å². The number of hydrogen-bond donors (Lipinski definition) is 1. The Morgan fingerprint density at radius 2 is 2.00 bits per heavy atom. The van der Waals surface area contributed by atoms with Gasteiger partial charge in [0.05, 0.1) is 0 Å². The van der Waals surface area contributed by atoms with Gasteiger partial charge in [0.1, 0.15) is 0 Å². The summed E-state index contributed by atoms with van der Waals surface area (Å²) in [7, 11) is 0. The minimum atomic E-state index is 0.125. The maximum absolute atomic E-state index is 12.0. The van der Waals surface area contributed by atoms with E-state index in [-0.39, 0.29) is 11.7 Å². The molecule has 1 aromatic rings. The van der Waals surface area contributed by atoms with Crippen LogP contribution in [-0.2, 0) is 0 Å². The van der Waals surface area contributed by atoms with Crippen molar-refractivity contribution in [2.45, 2.75) is 26.7 Å². The van der Waals surface area contributed by atoms with Crippen LogP contribution in [0.4, 0.5) is 5.69 Å². The maximum atomic E-state index is 12.0. The van der Waals surface area contributed by atoms with Gasteiger partial charge in [0, 0.05) is 21.6 Å². The van der Waals surface area contributed by atoms with Crippen molar-refractivity contribution in [2.24, 2.45) is 5.92 Å². The fourth-order valence-electron chi connectivity index (χ4n) is 1.58. The third-order valence-electron chi connectivity index (χ3n) is 2.64. The van der Waals surface area contributed by atoms with Crippen LogP contribution >= 0.6 is 15.9 Å². The Bertz CT molecular complexity index is 359. The van der Waals surface area contributed by atoms with Crippen molar-refractivity contribution in [3.8, 4) is 0 Å². The van der Waals surface area contributed by atoms with Crippen molar-refractivity contribution in [3.63, 3.8) is 0 Å². The van der Waals surface area contributed by atoms with Gasteiger partial charge in [0.2, 0.25) is 0 Å². The summed E-state index contributed by atoms with van der Waals surface area (Å²) in [6.07, 6.45) is 1.77. The van der Waals surface area contributed by atoms with Crippen LogP contribution < -0.4 is 5.73 Å². The number of hydrogen-bond acceptors (Lipinski definition) is 2. The molecule has 0 spiro atoms.